The highest BCUT2D eigenvalue weighted by atomic mass is 32.2. The van der Waals surface area contributed by atoms with Crippen LogP contribution in [0.25, 0.3) is 0 Å². The summed E-state index contributed by atoms with van der Waals surface area (Å²) < 4.78 is 54.4. The molecule has 0 radical (unpaired) electrons. The second-order valence-corrected chi connectivity index (χ2v) is 9.58. The predicted octanol–water partition coefficient (Wildman–Crippen LogP) is 2.96. The smallest absolute Gasteiger partial charge is 0.313 e. The van der Waals surface area contributed by atoms with Gasteiger partial charge in [-0.15, -0.1) is 0 Å². The minimum absolute atomic E-state index is 0.0295. The maximum Gasteiger partial charge on any atom is 0.313 e. The van der Waals surface area contributed by atoms with Gasteiger partial charge in [0.15, 0.2) is 0 Å². The summed E-state index contributed by atoms with van der Waals surface area (Å²) in [5, 5.41) is 4.78. The molecule has 2 amide bonds. The van der Waals surface area contributed by atoms with E-state index in [1.165, 1.54) is 41.6 Å². The number of amides is 2. The Hall–Kier alpha value is -2.85. The van der Waals surface area contributed by atoms with Gasteiger partial charge in [-0.05, 0) is 68.1 Å². The van der Waals surface area contributed by atoms with Crippen molar-refractivity contribution in [3.05, 3.63) is 59.7 Å². The SMILES string of the molecule is Cc1cc(S(=O)(=O)N2CCCCC2CCNC(=O)C(=O)Nc2cccc(F)c2)ccc1F. The number of hydrogen-bond acceptors (Lipinski definition) is 4. The van der Waals surface area contributed by atoms with Gasteiger partial charge in [-0.25, -0.2) is 17.2 Å². The Labute approximate surface area is 185 Å². The molecule has 2 N–H and O–H groups in total. The number of carbonyl (C=O) groups excluding carboxylic acids is 2. The second kappa shape index (κ2) is 10.2. The molecule has 3 rings (SSSR count). The first-order chi connectivity index (χ1) is 15.2. The Morgan fingerprint density at radius 3 is 2.59 bits per heavy atom. The van der Waals surface area contributed by atoms with Crippen molar-refractivity contribution in [3.8, 4) is 0 Å². The van der Waals surface area contributed by atoms with E-state index in [-0.39, 0.29) is 28.7 Å². The van der Waals surface area contributed by atoms with Crippen molar-refractivity contribution in [2.45, 2.75) is 43.5 Å². The number of piperidine rings is 1. The van der Waals surface area contributed by atoms with Gasteiger partial charge in [-0.2, -0.15) is 4.31 Å². The Morgan fingerprint density at radius 2 is 1.88 bits per heavy atom. The molecule has 1 aliphatic heterocycles. The molecule has 1 heterocycles. The minimum Gasteiger partial charge on any atom is -0.348 e. The van der Waals surface area contributed by atoms with Gasteiger partial charge in [0.05, 0.1) is 4.90 Å². The molecular weight excluding hydrogens is 440 g/mol. The molecule has 1 unspecified atom stereocenters. The molecule has 0 aromatic heterocycles. The van der Waals surface area contributed by atoms with E-state index in [0.29, 0.717) is 25.8 Å². The van der Waals surface area contributed by atoms with Gasteiger partial charge in [-0.1, -0.05) is 12.5 Å². The molecule has 2 aromatic rings. The molecule has 1 atom stereocenters. The zero-order valence-corrected chi connectivity index (χ0v) is 18.4. The summed E-state index contributed by atoms with van der Waals surface area (Å²) in [4.78, 5) is 24.1. The second-order valence-electron chi connectivity index (χ2n) is 7.69. The number of aryl methyl sites for hydroxylation is 1. The third-order valence-corrected chi connectivity index (χ3v) is 7.31. The molecule has 7 nitrogen and oxygen atoms in total. The normalized spacial score (nSPS) is 17.0. The largest absolute Gasteiger partial charge is 0.348 e. The fourth-order valence-electron chi connectivity index (χ4n) is 3.68. The van der Waals surface area contributed by atoms with Crippen LogP contribution >= 0.6 is 0 Å². The molecule has 1 saturated heterocycles. The van der Waals surface area contributed by atoms with E-state index in [9.17, 15) is 26.8 Å². The highest BCUT2D eigenvalue weighted by Crippen LogP contribution is 2.27. The first kappa shape index (κ1) is 23.8. The summed E-state index contributed by atoms with van der Waals surface area (Å²) in [6, 6.07) is 8.51. The van der Waals surface area contributed by atoms with Crippen molar-refractivity contribution in [1.29, 1.82) is 0 Å². The highest BCUT2D eigenvalue weighted by Gasteiger charge is 2.33. The lowest BCUT2D eigenvalue weighted by Crippen LogP contribution is -2.45. The monoisotopic (exact) mass is 465 g/mol. The summed E-state index contributed by atoms with van der Waals surface area (Å²) in [5.74, 6) is -2.85. The predicted molar refractivity (Wildman–Crippen MR) is 115 cm³/mol. The molecule has 1 fully saturated rings. The quantitative estimate of drug-likeness (QED) is 0.642. The number of sulfonamides is 1. The zero-order chi connectivity index (χ0) is 23.3. The van der Waals surface area contributed by atoms with Crippen LogP contribution in [0, 0.1) is 18.6 Å². The number of rotatable bonds is 6. The van der Waals surface area contributed by atoms with Crippen LogP contribution < -0.4 is 10.6 Å². The number of nitrogens with one attached hydrogen (secondary N) is 2. The fraction of sp³-hybridized carbons (Fsp3) is 0.364. The lowest BCUT2D eigenvalue weighted by molar-refractivity contribution is -0.136. The van der Waals surface area contributed by atoms with Crippen molar-refractivity contribution in [2.75, 3.05) is 18.4 Å². The van der Waals surface area contributed by atoms with Gasteiger partial charge < -0.3 is 10.6 Å². The number of anilines is 1. The Balaban J connectivity index is 1.60. The van der Waals surface area contributed by atoms with Gasteiger partial charge in [0.1, 0.15) is 11.6 Å². The van der Waals surface area contributed by atoms with Gasteiger partial charge in [0.2, 0.25) is 10.0 Å². The lowest BCUT2D eigenvalue weighted by atomic mass is 10.0. The molecule has 0 saturated carbocycles. The van der Waals surface area contributed by atoms with Crippen LogP contribution in [-0.2, 0) is 19.6 Å². The molecule has 172 valence electrons. The lowest BCUT2D eigenvalue weighted by Gasteiger charge is -2.34. The van der Waals surface area contributed by atoms with Crippen LogP contribution in [0.4, 0.5) is 14.5 Å². The number of nitrogens with zero attached hydrogens (tertiary/aromatic N) is 1. The van der Waals surface area contributed by atoms with E-state index in [1.54, 1.807) is 0 Å². The van der Waals surface area contributed by atoms with Crippen molar-refractivity contribution in [1.82, 2.24) is 9.62 Å². The van der Waals surface area contributed by atoms with Crippen LogP contribution in [0.5, 0.6) is 0 Å². The topological polar surface area (TPSA) is 95.6 Å². The Morgan fingerprint density at radius 1 is 1.09 bits per heavy atom. The van der Waals surface area contributed by atoms with E-state index in [0.717, 1.165) is 18.6 Å². The summed E-state index contributed by atoms with van der Waals surface area (Å²) >= 11 is 0. The average molecular weight is 466 g/mol. The number of halogens is 2. The maximum absolute atomic E-state index is 13.6. The van der Waals surface area contributed by atoms with Crippen LogP contribution in [0.2, 0.25) is 0 Å². The van der Waals surface area contributed by atoms with Crippen LogP contribution in [-0.4, -0.2) is 43.7 Å². The zero-order valence-electron chi connectivity index (χ0n) is 17.6. The van der Waals surface area contributed by atoms with Crippen LogP contribution in [0.15, 0.2) is 47.4 Å². The molecule has 1 aliphatic rings. The van der Waals surface area contributed by atoms with Gasteiger partial charge >= 0.3 is 11.8 Å². The van der Waals surface area contributed by atoms with Crippen molar-refractivity contribution < 1.29 is 26.8 Å². The van der Waals surface area contributed by atoms with E-state index < -0.39 is 33.5 Å². The van der Waals surface area contributed by atoms with Gasteiger partial charge in [-0.3, -0.25) is 9.59 Å². The summed E-state index contributed by atoms with van der Waals surface area (Å²) in [5.41, 5.74) is 0.403. The number of hydrogen-bond donors (Lipinski definition) is 2. The summed E-state index contributed by atoms with van der Waals surface area (Å²) in [6.45, 7) is 1.93. The average Bonchev–Trinajstić information content (AvgIpc) is 2.75. The molecular formula is C22H25F2N3O4S. The summed E-state index contributed by atoms with van der Waals surface area (Å²) in [6.07, 6.45) is 2.48. The van der Waals surface area contributed by atoms with Crippen molar-refractivity contribution in [2.24, 2.45) is 0 Å². The number of benzene rings is 2. The van der Waals surface area contributed by atoms with Crippen LogP contribution in [0.1, 0.15) is 31.2 Å². The molecule has 0 spiro atoms. The third-order valence-electron chi connectivity index (χ3n) is 5.36. The molecule has 10 heteroatoms. The standard InChI is InChI=1S/C22H25F2N3O4S/c1-15-13-19(8-9-20(15)24)32(30,31)27-12-3-2-7-18(27)10-11-25-21(28)22(29)26-17-6-4-5-16(23)14-17/h4-6,8-9,13-14,18H,2-3,7,10-12H2,1H3,(H,25,28)(H,26,29). The first-order valence-electron chi connectivity index (χ1n) is 10.3. The van der Waals surface area contributed by atoms with Gasteiger partial charge in [0.25, 0.3) is 0 Å². The van der Waals surface area contributed by atoms with Gasteiger partial charge in [0, 0.05) is 24.8 Å². The van der Waals surface area contributed by atoms with E-state index >= 15 is 0 Å². The Kier molecular flexibility index (Phi) is 7.57. The Bertz CT molecular complexity index is 1110. The number of carbonyl (C=O) groups is 2. The third kappa shape index (κ3) is 5.68. The summed E-state index contributed by atoms with van der Waals surface area (Å²) in [7, 11) is -3.82. The fourth-order valence-corrected chi connectivity index (χ4v) is 5.49. The highest BCUT2D eigenvalue weighted by molar-refractivity contribution is 7.89. The van der Waals surface area contributed by atoms with E-state index in [1.807, 2.05) is 0 Å². The maximum atomic E-state index is 13.6. The van der Waals surface area contributed by atoms with Crippen molar-refractivity contribution in [3.63, 3.8) is 0 Å². The molecule has 0 bridgehead atoms. The molecule has 2 aromatic carbocycles. The van der Waals surface area contributed by atoms with E-state index in [4.69, 9.17) is 0 Å². The first-order valence-corrected chi connectivity index (χ1v) is 11.8. The molecule has 0 aliphatic carbocycles. The van der Waals surface area contributed by atoms with Crippen molar-refractivity contribution >= 4 is 27.5 Å². The minimum atomic E-state index is -3.82. The van der Waals surface area contributed by atoms with Crippen LogP contribution in [0.3, 0.4) is 0 Å². The van der Waals surface area contributed by atoms with E-state index in [2.05, 4.69) is 10.6 Å². The molecule has 32 heavy (non-hydrogen) atoms.